The van der Waals surface area contributed by atoms with Crippen molar-refractivity contribution in [2.24, 2.45) is 5.92 Å². The van der Waals surface area contributed by atoms with E-state index in [-0.39, 0.29) is 29.6 Å². The van der Waals surface area contributed by atoms with E-state index in [0.717, 1.165) is 17.5 Å². The summed E-state index contributed by atoms with van der Waals surface area (Å²) >= 11 is 0. The third-order valence-corrected chi connectivity index (χ3v) is 6.29. The Morgan fingerprint density at radius 2 is 1.42 bits per heavy atom. The number of halogens is 2. The van der Waals surface area contributed by atoms with Gasteiger partial charge < -0.3 is 15.0 Å². The molecule has 33 heavy (non-hydrogen) atoms. The second-order valence-electron chi connectivity index (χ2n) is 8.36. The molecule has 1 fully saturated rings. The van der Waals surface area contributed by atoms with E-state index in [1.165, 1.54) is 31.4 Å². The topological polar surface area (TPSA) is 61.9 Å². The molecule has 2 aromatic carbocycles. The summed E-state index contributed by atoms with van der Waals surface area (Å²) in [6.45, 7) is 5.91. The van der Waals surface area contributed by atoms with Gasteiger partial charge in [-0.3, -0.25) is 4.90 Å². The molecular weight excluding hydrogens is 428 g/mol. The van der Waals surface area contributed by atoms with Gasteiger partial charge in [-0.25, -0.2) is 18.4 Å². The van der Waals surface area contributed by atoms with E-state index in [1.807, 2.05) is 13.8 Å². The van der Waals surface area contributed by atoms with Gasteiger partial charge >= 0.3 is 12.0 Å². The highest BCUT2D eigenvalue weighted by Gasteiger charge is 2.32. The minimum absolute atomic E-state index is 0.0518. The van der Waals surface area contributed by atoms with Crippen molar-refractivity contribution in [3.05, 3.63) is 71.3 Å². The van der Waals surface area contributed by atoms with E-state index in [4.69, 9.17) is 4.74 Å². The summed E-state index contributed by atoms with van der Waals surface area (Å²) in [4.78, 5) is 28.8. The van der Waals surface area contributed by atoms with Crippen molar-refractivity contribution >= 4 is 12.0 Å². The predicted octanol–water partition coefficient (Wildman–Crippen LogP) is 3.97. The van der Waals surface area contributed by atoms with E-state index in [2.05, 4.69) is 10.2 Å². The van der Waals surface area contributed by atoms with Gasteiger partial charge in [-0.1, -0.05) is 44.5 Å². The van der Waals surface area contributed by atoms with E-state index in [0.29, 0.717) is 26.2 Å². The summed E-state index contributed by atoms with van der Waals surface area (Å²) in [6.07, 6.45) is 0.727. The van der Waals surface area contributed by atoms with Gasteiger partial charge in [0.1, 0.15) is 17.7 Å². The zero-order valence-electron chi connectivity index (χ0n) is 19.3. The van der Waals surface area contributed by atoms with Gasteiger partial charge in [-0.2, -0.15) is 0 Å². The first-order valence-electron chi connectivity index (χ1n) is 11.2. The summed E-state index contributed by atoms with van der Waals surface area (Å²) in [7, 11) is 1.31. The van der Waals surface area contributed by atoms with Crippen molar-refractivity contribution in [3.63, 3.8) is 0 Å². The van der Waals surface area contributed by atoms with Crippen molar-refractivity contribution in [2.75, 3.05) is 33.3 Å². The van der Waals surface area contributed by atoms with Crippen LogP contribution in [0.1, 0.15) is 37.4 Å². The van der Waals surface area contributed by atoms with E-state index < -0.39 is 12.0 Å². The van der Waals surface area contributed by atoms with Gasteiger partial charge in [0.2, 0.25) is 0 Å². The number of carbonyl (C=O) groups is 2. The molecule has 0 aliphatic carbocycles. The van der Waals surface area contributed by atoms with Crippen LogP contribution in [0.25, 0.3) is 0 Å². The SMILES string of the molecule is CCC(C)[C@@H](NC(=O)N1CCN(C(c2ccc(F)cc2)c2ccc(F)cc2)CC1)C(=O)OC. The number of amides is 2. The van der Waals surface area contributed by atoms with Crippen LogP contribution in [-0.4, -0.2) is 61.1 Å². The largest absolute Gasteiger partial charge is 0.467 e. The van der Waals surface area contributed by atoms with Gasteiger partial charge in [-0.15, -0.1) is 0 Å². The third kappa shape index (κ3) is 6.07. The number of urea groups is 1. The molecule has 1 heterocycles. The Morgan fingerprint density at radius 1 is 0.939 bits per heavy atom. The molecule has 178 valence electrons. The number of hydrogen-bond acceptors (Lipinski definition) is 4. The lowest BCUT2D eigenvalue weighted by atomic mass is 9.96. The Balaban J connectivity index is 1.72. The molecule has 1 N–H and O–H groups in total. The second kappa shape index (κ2) is 11.2. The molecule has 2 aromatic rings. The zero-order chi connectivity index (χ0) is 24.0. The normalized spacial score (nSPS) is 16.4. The molecular formula is C25H31F2N3O3. The highest BCUT2D eigenvalue weighted by atomic mass is 19.1. The molecule has 0 radical (unpaired) electrons. The molecule has 0 saturated carbocycles. The molecule has 8 heteroatoms. The molecule has 1 aliphatic rings. The van der Waals surface area contributed by atoms with E-state index in [1.54, 1.807) is 29.2 Å². The first-order chi connectivity index (χ1) is 15.8. The lowest BCUT2D eigenvalue weighted by Gasteiger charge is -2.40. The first kappa shape index (κ1) is 24.6. The number of methoxy groups -OCH3 is 1. The smallest absolute Gasteiger partial charge is 0.328 e. The number of nitrogens with zero attached hydrogens (tertiary/aromatic N) is 2. The first-order valence-corrected chi connectivity index (χ1v) is 11.2. The third-order valence-electron chi connectivity index (χ3n) is 6.29. The van der Waals surface area contributed by atoms with Crippen LogP contribution in [0.15, 0.2) is 48.5 Å². The standard InChI is InChI=1S/C25H31F2N3O3/c1-4-17(2)22(24(31)33-3)28-25(32)30-15-13-29(14-16-30)23(18-5-9-20(26)10-6-18)19-7-11-21(27)12-8-19/h5-12,17,22-23H,4,13-16H2,1-3H3,(H,28,32)/t17?,22-/m1/s1. The fourth-order valence-corrected chi connectivity index (χ4v) is 4.11. The Hall–Kier alpha value is -3.00. The summed E-state index contributed by atoms with van der Waals surface area (Å²) in [6, 6.07) is 11.4. The molecule has 1 saturated heterocycles. The number of benzene rings is 2. The van der Waals surface area contributed by atoms with Crippen LogP contribution >= 0.6 is 0 Å². The van der Waals surface area contributed by atoms with Crippen LogP contribution in [0.4, 0.5) is 13.6 Å². The fourth-order valence-electron chi connectivity index (χ4n) is 4.11. The average molecular weight is 460 g/mol. The Bertz CT molecular complexity index is 883. The molecule has 1 unspecified atom stereocenters. The van der Waals surface area contributed by atoms with Crippen molar-refractivity contribution in [3.8, 4) is 0 Å². The fraction of sp³-hybridized carbons (Fsp3) is 0.440. The number of rotatable bonds is 7. The lowest BCUT2D eigenvalue weighted by molar-refractivity contribution is -0.144. The summed E-state index contributed by atoms with van der Waals surface area (Å²) in [5.41, 5.74) is 1.78. The highest BCUT2D eigenvalue weighted by molar-refractivity contribution is 5.83. The van der Waals surface area contributed by atoms with Crippen LogP contribution in [0.3, 0.4) is 0 Å². The van der Waals surface area contributed by atoms with Crippen molar-refractivity contribution in [1.82, 2.24) is 15.1 Å². The molecule has 1 aliphatic heterocycles. The zero-order valence-corrected chi connectivity index (χ0v) is 19.3. The van der Waals surface area contributed by atoms with Crippen molar-refractivity contribution in [1.29, 1.82) is 0 Å². The van der Waals surface area contributed by atoms with Crippen molar-refractivity contribution < 1.29 is 23.1 Å². The summed E-state index contributed by atoms with van der Waals surface area (Å²) in [5.74, 6) is -1.15. The maximum Gasteiger partial charge on any atom is 0.328 e. The van der Waals surface area contributed by atoms with Crippen molar-refractivity contribution in [2.45, 2.75) is 32.4 Å². The summed E-state index contributed by atoms with van der Waals surface area (Å²) < 4.78 is 31.9. The van der Waals surface area contributed by atoms with E-state index >= 15 is 0 Å². The van der Waals surface area contributed by atoms with Gasteiger partial charge in [0.15, 0.2) is 0 Å². The minimum Gasteiger partial charge on any atom is -0.467 e. The minimum atomic E-state index is -0.697. The quantitative estimate of drug-likeness (QED) is 0.637. The van der Waals surface area contributed by atoms with Crippen LogP contribution in [0, 0.1) is 17.6 Å². The maximum absolute atomic E-state index is 13.5. The van der Waals surface area contributed by atoms with Gasteiger partial charge in [-0.05, 0) is 41.3 Å². The number of piperazine rings is 1. The molecule has 2 atom stereocenters. The molecule has 6 nitrogen and oxygen atoms in total. The average Bonchev–Trinajstić information content (AvgIpc) is 2.84. The number of esters is 1. The lowest BCUT2D eigenvalue weighted by Crippen LogP contribution is -2.56. The monoisotopic (exact) mass is 459 g/mol. The number of carbonyl (C=O) groups excluding carboxylic acids is 2. The Kier molecular flexibility index (Phi) is 8.38. The Morgan fingerprint density at radius 3 is 1.85 bits per heavy atom. The molecule has 0 bridgehead atoms. The second-order valence-corrected chi connectivity index (χ2v) is 8.36. The van der Waals surface area contributed by atoms with Crippen LogP contribution < -0.4 is 5.32 Å². The predicted molar refractivity (Wildman–Crippen MR) is 122 cm³/mol. The van der Waals surface area contributed by atoms with Crippen LogP contribution in [-0.2, 0) is 9.53 Å². The molecule has 2 amide bonds. The van der Waals surface area contributed by atoms with Crippen LogP contribution in [0.5, 0.6) is 0 Å². The number of hydrogen-bond donors (Lipinski definition) is 1. The van der Waals surface area contributed by atoms with E-state index in [9.17, 15) is 18.4 Å². The molecule has 0 spiro atoms. The van der Waals surface area contributed by atoms with Gasteiger partial charge in [0.05, 0.1) is 13.2 Å². The number of ether oxygens (including phenoxy) is 1. The number of nitrogens with one attached hydrogen (secondary N) is 1. The molecule has 0 aromatic heterocycles. The summed E-state index contributed by atoms with van der Waals surface area (Å²) in [5, 5.41) is 2.82. The van der Waals surface area contributed by atoms with Gasteiger partial charge in [0.25, 0.3) is 0 Å². The van der Waals surface area contributed by atoms with Crippen LogP contribution in [0.2, 0.25) is 0 Å². The van der Waals surface area contributed by atoms with Gasteiger partial charge in [0, 0.05) is 26.2 Å². The maximum atomic E-state index is 13.5. The highest BCUT2D eigenvalue weighted by Crippen LogP contribution is 2.30. The molecule has 3 rings (SSSR count). The Labute approximate surface area is 193 Å².